The number of pyridine rings is 2. The van der Waals surface area contributed by atoms with E-state index in [4.69, 9.17) is 4.74 Å². The van der Waals surface area contributed by atoms with Crippen LogP contribution in [0.2, 0.25) is 0 Å². The van der Waals surface area contributed by atoms with E-state index in [1.165, 1.54) is 12.1 Å². The Morgan fingerprint density at radius 3 is 3.00 bits per heavy atom. The van der Waals surface area contributed by atoms with Crippen LogP contribution in [0.5, 0.6) is 5.75 Å². The van der Waals surface area contributed by atoms with E-state index in [1.807, 2.05) is 0 Å². The van der Waals surface area contributed by atoms with E-state index in [0.29, 0.717) is 17.1 Å². The summed E-state index contributed by atoms with van der Waals surface area (Å²) in [6.45, 7) is 0. The Hall–Kier alpha value is -2.10. The summed E-state index contributed by atoms with van der Waals surface area (Å²) in [6.07, 6.45) is 3.24. The normalized spacial score (nSPS) is 9.93. The fourth-order valence-electron chi connectivity index (χ4n) is 1.34. The van der Waals surface area contributed by atoms with Crippen molar-refractivity contribution in [3.05, 3.63) is 46.9 Å². The Morgan fingerprint density at radius 1 is 1.40 bits per heavy atom. The summed E-state index contributed by atoms with van der Waals surface area (Å²) in [5, 5.41) is 0. The third kappa shape index (κ3) is 1.88. The summed E-state index contributed by atoms with van der Waals surface area (Å²) in [7, 11) is 1.57. The topological polar surface area (TPSA) is 55.0 Å². The summed E-state index contributed by atoms with van der Waals surface area (Å²) in [5.41, 5.74) is 1.23. The van der Waals surface area contributed by atoms with Crippen molar-refractivity contribution in [3.8, 4) is 17.1 Å². The lowest BCUT2D eigenvalue weighted by atomic mass is 10.2. The van der Waals surface area contributed by atoms with Crippen LogP contribution in [0.4, 0.5) is 0 Å². The molecule has 4 nitrogen and oxygen atoms in total. The fourth-order valence-corrected chi connectivity index (χ4v) is 1.34. The molecule has 2 heterocycles. The standard InChI is InChI=1S/C11H10N2O2/c1-15-10-3-2-5-13-11(10)9-7-8(14)4-6-12-9/h2-7H,1H3,(H,12,14). The predicted octanol–water partition coefficient (Wildman–Crippen LogP) is 1.45. The summed E-state index contributed by atoms with van der Waals surface area (Å²) < 4.78 is 5.16. The number of nitrogens with one attached hydrogen (secondary N) is 1. The third-order valence-electron chi connectivity index (χ3n) is 2.02. The number of aromatic amines is 1. The van der Waals surface area contributed by atoms with E-state index in [9.17, 15) is 4.79 Å². The number of rotatable bonds is 2. The van der Waals surface area contributed by atoms with Crippen molar-refractivity contribution < 1.29 is 4.74 Å². The molecule has 0 unspecified atom stereocenters. The highest BCUT2D eigenvalue weighted by Crippen LogP contribution is 2.23. The second-order valence-electron chi connectivity index (χ2n) is 2.99. The van der Waals surface area contributed by atoms with Crippen molar-refractivity contribution in [2.75, 3.05) is 7.11 Å². The van der Waals surface area contributed by atoms with Crippen molar-refractivity contribution in [3.63, 3.8) is 0 Å². The van der Waals surface area contributed by atoms with Gasteiger partial charge in [0.15, 0.2) is 5.43 Å². The number of ether oxygens (including phenoxy) is 1. The molecule has 2 rings (SSSR count). The van der Waals surface area contributed by atoms with Gasteiger partial charge in [-0.25, -0.2) is 0 Å². The SMILES string of the molecule is COc1cccnc1-c1cc(=O)cc[nH]1. The highest BCUT2D eigenvalue weighted by Gasteiger charge is 2.06. The largest absolute Gasteiger partial charge is 0.494 e. The summed E-state index contributed by atoms with van der Waals surface area (Å²) >= 11 is 0. The molecule has 0 atom stereocenters. The molecule has 0 aromatic carbocycles. The van der Waals surface area contributed by atoms with Gasteiger partial charge < -0.3 is 9.72 Å². The molecule has 1 N–H and O–H groups in total. The lowest BCUT2D eigenvalue weighted by Gasteiger charge is -2.05. The van der Waals surface area contributed by atoms with Gasteiger partial charge in [-0.3, -0.25) is 9.78 Å². The Balaban J connectivity index is 2.58. The summed E-state index contributed by atoms with van der Waals surface area (Å²) in [5.74, 6) is 0.638. The van der Waals surface area contributed by atoms with Gasteiger partial charge in [0, 0.05) is 24.5 Å². The first-order chi connectivity index (χ1) is 7.31. The molecule has 2 aromatic heterocycles. The zero-order chi connectivity index (χ0) is 10.7. The van der Waals surface area contributed by atoms with Crippen LogP contribution in [-0.4, -0.2) is 17.1 Å². The Kier molecular flexibility index (Phi) is 2.49. The van der Waals surface area contributed by atoms with Gasteiger partial charge in [-0.2, -0.15) is 0 Å². The van der Waals surface area contributed by atoms with E-state index in [-0.39, 0.29) is 5.43 Å². The molecule has 2 aromatic rings. The molecule has 15 heavy (non-hydrogen) atoms. The van der Waals surface area contributed by atoms with Crippen LogP contribution in [0, 0.1) is 0 Å². The van der Waals surface area contributed by atoms with Crippen molar-refractivity contribution >= 4 is 0 Å². The molecule has 0 saturated carbocycles. The first-order valence-corrected chi connectivity index (χ1v) is 4.49. The average molecular weight is 202 g/mol. The molecular formula is C11H10N2O2. The minimum absolute atomic E-state index is 0.0588. The van der Waals surface area contributed by atoms with Gasteiger partial charge in [0.2, 0.25) is 0 Å². The summed E-state index contributed by atoms with van der Waals surface area (Å²) in [6, 6.07) is 6.53. The van der Waals surface area contributed by atoms with Crippen molar-refractivity contribution in [1.29, 1.82) is 0 Å². The van der Waals surface area contributed by atoms with Gasteiger partial charge in [-0.05, 0) is 12.1 Å². The Labute approximate surface area is 86.6 Å². The maximum Gasteiger partial charge on any atom is 0.182 e. The average Bonchev–Trinajstić information content (AvgIpc) is 2.29. The smallest absolute Gasteiger partial charge is 0.182 e. The highest BCUT2D eigenvalue weighted by molar-refractivity contribution is 5.61. The van der Waals surface area contributed by atoms with E-state index in [1.54, 1.807) is 31.6 Å². The Bertz CT molecular complexity index is 520. The molecule has 0 aliphatic rings. The zero-order valence-corrected chi connectivity index (χ0v) is 8.23. The van der Waals surface area contributed by atoms with Gasteiger partial charge in [0.25, 0.3) is 0 Å². The van der Waals surface area contributed by atoms with Crippen LogP contribution in [0.3, 0.4) is 0 Å². The lowest BCUT2D eigenvalue weighted by molar-refractivity contribution is 0.414. The van der Waals surface area contributed by atoms with Crippen molar-refractivity contribution in [2.45, 2.75) is 0 Å². The number of hydrogen-bond acceptors (Lipinski definition) is 3. The van der Waals surface area contributed by atoms with E-state index in [0.717, 1.165) is 0 Å². The van der Waals surface area contributed by atoms with Crippen LogP contribution < -0.4 is 10.2 Å². The fraction of sp³-hybridized carbons (Fsp3) is 0.0909. The third-order valence-corrected chi connectivity index (χ3v) is 2.02. The van der Waals surface area contributed by atoms with E-state index in [2.05, 4.69) is 9.97 Å². The molecule has 0 bridgehead atoms. The van der Waals surface area contributed by atoms with Crippen LogP contribution in [0.15, 0.2) is 41.5 Å². The molecule has 0 aliphatic heterocycles. The maximum absolute atomic E-state index is 11.2. The summed E-state index contributed by atoms with van der Waals surface area (Å²) in [4.78, 5) is 18.3. The molecule has 0 radical (unpaired) electrons. The monoisotopic (exact) mass is 202 g/mol. The van der Waals surface area contributed by atoms with Crippen molar-refractivity contribution in [1.82, 2.24) is 9.97 Å². The van der Waals surface area contributed by atoms with Crippen LogP contribution in [-0.2, 0) is 0 Å². The Morgan fingerprint density at radius 2 is 2.27 bits per heavy atom. The number of hydrogen-bond donors (Lipinski definition) is 1. The first kappa shape index (κ1) is 9.45. The lowest BCUT2D eigenvalue weighted by Crippen LogP contribution is -2.00. The maximum atomic E-state index is 11.2. The van der Waals surface area contributed by atoms with Crippen LogP contribution in [0.1, 0.15) is 0 Å². The first-order valence-electron chi connectivity index (χ1n) is 4.49. The molecule has 0 saturated heterocycles. The van der Waals surface area contributed by atoms with E-state index < -0.39 is 0 Å². The van der Waals surface area contributed by atoms with Gasteiger partial charge in [0.1, 0.15) is 11.4 Å². The van der Waals surface area contributed by atoms with Crippen LogP contribution >= 0.6 is 0 Å². The van der Waals surface area contributed by atoms with Gasteiger partial charge in [0.05, 0.1) is 12.8 Å². The van der Waals surface area contributed by atoms with Crippen molar-refractivity contribution in [2.24, 2.45) is 0 Å². The van der Waals surface area contributed by atoms with E-state index >= 15 is 0 Å². The second kappa shape index (κ2) is 3.96. The quantitative estimate of drug-likeness (QED) is 0.801. The molecule has 0 aliphatic carbocycles. The number of H-pyrrole nitrogens is 1. The molecule has 76 valence electrons. The highest BCUT2D eigenvalue weighted by atomic mass is 16.5. The zero-order valence-electron chi connectivity index (χ0n) is 8.23. The van der Waals surface area contributed by atoms with Gasteiger partial charge in [-0.15, -0.1) is 0 Å². The minimum atomic E-state index is -0.0588. The van der Waals surface area contributed by atoms with Gasteiger partial charge in [-0.1, -0.05) is 0 Å². The van der Waals surface area contributed by atoms with Gasteiger partial charge >= 0.3 is 0 Å². The minimum Gasteiger partial charge on any atom is -0.494 e. The molecule has 0 spiro atoms. The second-order valence-corrected chi connectivity index (χ2v) is 2.99. The molecule has 0 fully saturated rings. The number of methoxy groups -OCH3 is 1. The number of nitrogens with zero attached hydrogens (tertiary/aromatic N) is 1. The molecule has 0 amide bonds. The number of aromatic nitrogens is 2. The molecular weight excluding hydrogens is 192 g/mol. The van der Waals surface area contributed by atoms with Crippen LogP contribution in [0.25, 0.3) is 11.4 Å². The predicted molar refractivity (Wildman–Crippen MR) is 56.8 cm³/mol. The molecule has 4 heteroatoms.